The van der Waals surface area contributed by atoms with Crippen molar-refractivity contribution in [2.75, 3.05) is 33.2 Å². The average Bonchev–Trinajstić information content (AvgIpc) is 2.52. The number of guanidine groups is 1. The van der Waals surface area contributed by atoms with Gasteiger partial charge >= 0.3 is 0 Å². The van der Waals surface area contributed by atoms with E-state index in [1.54, 1.807) is 7.05 Å². The van der Waals surface area contributed by atoms with Crippen molar-refractivity contribution in [1.82, 2.24) is 15.5 Å². The van der Waals surface area contributed by atoms with E-state index in [9.17, 15) is 4.79 Å². The summed E-state index contributed by atoms with van der Waals surface area (Å²) in [5, 5.41) is 6.54. The van der Waals surface area contributed by atoms with Gasteiger partial charge in [-0.3, -0.25) is 9.79 Å². The number of aliphatic imine (C=N–C) groups is 1. The van der Waals surface area contributed by atoms with Gasteiger partial charge in [0.05, 0.1) is 0 Å². The number of nitrogens with zero attached hydrogens (tertiary/aromatic N) is 2. The first-order chi connectivity index (χ1) is 10.7. The molecule has 2 N–H and O–H groups in total. The Morgan fingerprint density at radius 3 is 2.68 bits per heavy atom. The smallest absolute Gasteiger partial charge is 0.224 e. The van der Waals surface area contributed by atoms with Gasteiger partial charge in [0, 0.05) is 39.6 Å². The number of hydrogen-bond donors (Lipinski definition) is 2. The van der Waals surface area contributed by atoms with Crippen LogP contribution in [-0.2, 0) is 4.79 Å². The fourth-order valence-electron chi connectivity index (χ4n) is 2.84. The Bertz CT molecular complexity index is 344. The van der Waals surface area contributed by atoms with Crippen LogP contribution in [0, 0.1) is 5.92 Å². The lowest BCUT2D eigenvalue weighted by molar-refractivity contribution is -0.132. The van der Waals surface area contributed by atoms with Crippen LogP contribution in [0.3, 0.4) is 0 Å². The van der Waals surface area contributed by atoms with Crippen LogP contribution in [0.25, 0.3) is 0 Å². The Labute approximate surface area is 135 Å². The molecule has 1 rings (SSSR count). The third-order valence-electron chi connectivity index (χ3n) is 4.19. The first-order valence-electron chi connectivity index (χ1n) is 8.89. The molecule has 5 nitrogen and oxygen atoms in total. The first-order valence-corrected chi connectivity index (χ1v) is 8.89. The van der Waals surface area contributed by atoms with Gasteiger partial charge in [-0.1, -0.05) is 33.1 Å². The van der Waals surface area contributed by atoms with Gasteiger partial charge in [0.25, 0.3) is 0 Å². The van der Waals surface area contributed by atoms with Crippen LogP contribution < -0.4 is 10.6 Å². The lowest BCUT2D eigenvalue weighted by atomic mass is 10.00. The molecule has 1 aliphatic heterocycles. The number of unbranched alkanes of at least 4 members (excludes halogenated alkanes) is 3. The van der Waals surface area contributed by atoms with Crippen molar-refractivity contribution in [3.8, 4) is 0 Å². The standard InChI is InChI=1S/C17H34N4O/c1-4-5-6-7-11-19-17(18-3)20-12-10-16(22)21-13-8-9-15(2)14-21/h15H,4-14H2,1-3H3,(H2,18,19,20). The summed E-state index contributed by atoms with van der Waals surface area (Å²) in [6, 6.07) is 0. The first kappa shape index (κ1) is 18.8. The minimum Gasteiger partial charge on any atom is -0.356 e. The fraction of sp³-hybridized carbons (Fsp3) is 0.882. The van der Waals surface area contributed by atoms with Crippen LogP contribution in [0.2, 0.25) is 0 Å². The summed E-state index contributed by atoms with van der Waals surface area (Å²) >= 11 is 0. The second kappa shape index (κ2) is 11.3. The number of amides is 1. The lowest BCUT2D eigenvalue weighted by Crippen LogP contribution is -2.42. The maximum atomic E-state index is 12.2. The van der Waals surface area contributed by atoms with Gasteiger partial charge in [-0.25, -0.2) is 0 Å². The molecule has 0 spiro atoms. The fourth-order valence-corrected chi connectivity index (χ4v) is 2.84. The predicted molar refractivity (Wildman–Crippen MR) is 93.1 cm³/mol. The highest BCUT2D eigenvalue weighted by Crippen LogP contribution is 2.15. The molecule has 0 aliphatic carbocycles. The Balaban J connectivity index is 2.14. The van der Waals surface area contributed by atoms with E-state index in [0.717, 1.165) is 32.0 Å². The summed E-state index contributed by atoms with van der Waals surface area (Å²) in [5.74, 6) is 1.71. The van der Waals surface area contributed by atoms with Crippen molar-refractivity contribution < 1.29 is 4.79 Å². The molecule has 0 aromatic rings. The topological polar surface area (TPSA) is 56.7 Å². The second-order valence-electron chi connectivity index (χ2n) is 6.32. The van der Waals surface area contributed by atoms with Gasteiger partial charge in [0.1, 0.15) is 0 Å². The molecule has 128 valence electrons. The number of hydrogen-bond acceptors (Lipinski definition) is 2. The van der Waals surface area contributed by atoms with Crippen LogP contribution in [0.15, 0.2) is 4.99 Å². The van der Waals surface area contributed by atoms with E-state index in [-0.39, 0.29) is 5.91 Å². The van der Waals surface area contributed by atoms with Crippen molar-refractivity contribution in [2.45, 2.75) is 58.8 Å². The van der Waals surface area contributed by atoms with E-state index in [1.807, 2.05) is 4.90 Å². The minimum atomic E-state index is 0.262. The van der Waals surface area contributed by atoms with Gasteiger partial charge in [-0.05, 0) is 25.2 Å². The highest BCUT2D eigenvalue weighted by molar-refractivity contribution is 5.81. The average molecular weight is 310 g/mol. The number of carbonyl (C=O) groups excluding carboxylic acids is 1. The quantitative estimate of drug-likeness (QED) is 0.411. The molecular formula is C17H34N4O. The number of carbonyl (C=O) groups is 1. The predicted octanol–water partition coefficient (Wildman–Crippen LogP) is 2.38. The van der Waals surface area contributed by atoms with Crippen molar-refractivity contribution in [3.05, 3.63) is 0 Å². The summed E-state index contributed by atoms with van der Waals surface area (Å²) < 4.78 is 0. The van der Waals surface area contributed by atoms with E-state index in [2.05, 4.69) is 29.5 Å². The van der Waals surface area contributed by atoms with E-state index in [0.29, 0.717) is 18.9 Å². The van der Waals surface area contributed by atoms with Gasteiger partial charge in [-0.15, -0.1) is 0 Å². The number of nitrogens with one attached hydrogen (secondary N) is 2. The monoisotopic (exact) mass is 310 g/mol. The van der Waals surface area contributed by atoms with Gasteiger partial charge in [0.15, 0.2) is 5.96 Å². The van der Waals surface area contributed by atoms with E-state index < -0.39 is 0 Å². The molecule has 0 aromatic carbocycles. The summed E-state index contributed by atoms with van der Waals surface area (Å²) in [4.78, 5) is 18.4. The summed E-state index contributed by atoms with van der Waals surface area (Å²) in [5.41, 5.74) is 0. The summed E-state index contributed by atoms with van der Waals surface area (Å²) in [6.45, 7) is 7.88. The Morgan fingerprint density at radius 1 is 1.23 bits per heavy atom. The van der Waals surface area contributed by atoms with E-state index >= 15 is 0 Å². The molecule has 0 bridgehead atoms. The molecule has 1 amide bonds. The normalized spacial score (nSPS) is 19.1. The van der Waals surface area contributed by atoms with Gasteiger partial charge in [-0.2, -0.15) is 0 Å². The van der Waals surface area contributed by atoms with Crippen molar-refractivity contribution in [2.24, 2.45) is 10.9 Å². The summed E-state index contributed by atoms with van der Waals surface area (Å²) in [6.07, 6.45) is 7.90. The maximum Gasteiger partial charge on any atom is 0.224 e. The number of rotatable bonds is 8. The molecule has 0 saturated carbocycles. The zero-order valence-electron chi connectivity index (χ0n) is 14.7. The SMILES string of the molecule is CCCCCCNC(=NC)NCCC(=O)N1CCCC(C)C1. The van der Waals surface area contributed by atoms with Gasteiger partial charge in [0.2, 0.25) is 5.91 Å². The van der Waals surface area contributed by atoms with Crippen molar-refractivity contribution >= 4 is 11.9 Å². The largest absolute Gasteiger partial charge is 0.356 e. The lowest BCUT2D eigenvalue weighted by Gasteiger charge is -2.31. The third kappa shape index (κ3) is 7.66. The third-order valence-corrected chi connectivity index (χ3v) is 4.19. The summed E-state index contributed by atoms with van der Waals surface area (Å²) in [7, 11) is 1.77. The molecule has 1 atom stereocenters. The zero-order chi connectivity index (χ0) is 16.2. The number of likely N-dealkylation sites (tertiary alicyclic amines) is 1. The molecule has 0 radical (unpaired) electrons. The van der Waals surface area contributed by atoms with E-state index in [1.165, 1.54) is 32.1 Å². The zero-order valence-corrected chi connectivity index (χ0v) is 14.7. The highest BCUT2D eigenvalue weighted by atomic mass is 16.2. The molecule has 1 heterocycles. The van der Waals surface area contributed by atoms with Crippen molar-refractivity contribution in [3.63, 3.8) is 0 Å². The minimum absolute atomic E-state index is 0.262. The molecule has 1 unspecified atom stereocenters. The van der Waals surface area contributed by atoms with Crippen molar-refractivity contribution in [1.29, 1.82) is 0 Å². The Morgan fingerprint density at radius 2 is 2.00 bits per heavy atom. The molecule has 1 fully saturated rings. The molecule has 1 aliphatic rings. The molecule has 1 saturated heterocycles. The van der Waals surface area contributed by atoms with Gasteiger partial charge < -0.3 is 15.5 Å². The maximum absolute atomic E-state index is 12.2. The highest BCUT2D eigenvalue weighted by Gasteiger charge is 2.20. The van der Waals surface area contributed by atoms with Crippen LogP contribution in [-0.4, -0.2) is 50.0 Å². The Kier molecular flexibility index (Phi) is 9.67. The molecule has 5 heteroatoms. The van der Waals surface area contributed by atoms with Crippen LogP contribution in [0.5, 0.6) is 0 Å². The molecule has 22 heavy (non-hydrogen) atoms. The Hall–Kier alpha value is -1.26. The second-order valence-corrected chi connectivity index (χ2v) is 6.32. The van der Waals surface area contributed by atoms with E-state index in [4.69, 9.17) is 0 Å². The van der Waals surface area contributed by atoms with Crippen LogP contribution in [0.1, 0.15) is 58.8 Å². The van der Waals surface area contributed by atoms with Crippen LogP contribution >= 0.6 is 0 Å². The molecule has 0 aromatic heterocycles. The van der Waals surface area contributed by atoms with Crippen LogP contribution in [0.4, 0.5) is 0 Å². The number of piperidine rings is 1. The molecular weight excluding hydrogens is 276 g/mol.